The number of phenols is 1. The molecule has 2 nitrogen and oxygen atoms in total. The average molecular weight is 230 g/mol. The van der Waals surface area contributed by atoms with Crippen LogP contribution in [0.25, 0.3) is 0 Å². The first-order valence-corrected chi connectivity index (χ1v) is 5.29. The number of nitrogens with two attached hydrogens (primary N) is 1. The molecule has 0 bridgehead atoms. The first-order valence-electron chi connectivity index (χ1n) is 4.91. The van der Waals surface area contributed by atoms with E-state index in [0.717, 1.165) is 18.4 Å². The van der Waals surface area contributed by atoms with Gasteiger partial charge >= 0.3 is 0 Å². The van der Waals surface area contributed by atoms with Crippen molar-refractivity contribution in [3.63, 3.8) is 0 Å². The SMILES string of the molecule is CC(N)C1(c2cc(F)c(O)c(Cl)c2)CC1. The van der Waals surface area contributed by atoms with Crippen LogP contribution in [0.5, 0.6) is 5.75 Å². The monoisotopic (exact) mass is 229 g/mol. The van der Waals surface area contributed by atoms with E-state index in [1.807, 2.05) is 6.92 Å². The number of phenolic OH excluding ortho intramolecular Hbond substituents is 1. The smallest absolute Gasteiger partial charge is 0.170 e. The van der Waals surface area contributed by atoms with Gasteiger partial charge in [0.2, 0.25) is 0 Å². The molecule has 1 aliphatic rings. The third-order valence-electron chi connectivity index (χ3n) is 3.25. The Labute approximate surface area is 92.9 Å². The van der Waals surface area contributed by atoms with Crippen LogP contribution < -0.4 is 5.73 Å². The molecule has 15 heavy (non-hydrogen) atoms. The molecule has 1 fully saturated rings. The largest absolute Gasteiger partial charge is 0.504 e. The summed E-state index contributed by atoms with van der Waals surface area (Å²) in [4.78, 5) is 0. The molecule has 1 aromatic rings. The van der Waals surface area contributed by atoms with Crippen LogP contribution in [0.15, 0.2) is 12.1 Å². The summed E-state index contributed by atoms with van der Waals surface area (Å²) in [5.74, 6) is -1.16. The first kappa shape index (κ1) is 10.7. The Morgan fingerprint density at radius 1 is 1.53 bits per heavy atom. The van der Waals surface area contributed by atoms with E-state index in [-0.39, 0.29) is 16.5 Å². The van der Waals surface area contributed by atoms with Crippen molar-refractivity contribution < 1.29 is 9.50 Å². The van der Waals surface area contributed by atoms with Crippen LogP contribution in [-0.4, -0.2) is 11.1 Å². The normalized spacial score (nSPS) is 20.0. The van der Waals surface area contributed by atoms with Gasteiger partial charge in [-0.1, -0.05) is 11.6 Å². The number of benzene rings is 1. The van der Waals surface area contributed by atoms with Crippen molar-refractivity contribution in [3.05, 3.63) is 28.5 Å². The van der Waals surface area contributed by atoms with E-state index < -0.39 is 11.6 Å². The van der Waals surface area contributed by atoms with Gasteiger partial charge in [0, 0.05) is 11.5 Å². The highest BCUT2D eigenvalue weighted by atomic mass is 35.5. The minimum absolute atomic E-state index is 0.0301. The lowest BCUT2D eigenvalue weighted by molar-refractivity contribution is 0.430. The zero-order valence-corrected chi connectivity index (χ0v) is 9.18. The molecule has 2 rings (SSSR count). The number of aromatic hydroxyl groups is 1. The van der Waals surface area contributed by atoms with Gasteiger partial charge in [-0.25, -0.2) is 4.39 Å². The van der Waals surface area contributed by atoms with Crippen LogP contribution in [0.3, 0.4) is 0 Å². The second-order valence-corrected chi connectivity index (χ2v) is 4.64. The molecule has 3 N–H and O–H groups in total. The zero-order chi connectivity index (χ0) is 11.2. The summed E-state index contributed by atoms with van der Waals surface area (Å²) in [5.41, 5.74) is 6.52. The fourth-order valence-corrected chi connectivity index (χ4v) is 2.20. The maximum absolute atomic E-state index is 13.3. The third kappa shape index (κ3) is 1.60. The van der Waals surface area contributed by atoms with Gasteiger partial charge in [-0.2, -0.15) is 0 Å². The van der Waals surface area contributed by atoms with Crippen molar-refractivity contribution in [2.75, 3.05) is 0 Å². The molecule has 1 aliphatic carbocycles. The summed E-state index contributed by atoms with van der Waals surface area (Å²) < 4.78 is 13.3. The van der Waals surface area contributed by atoms with E-state index in [2.05, 4.69) is 0 Å². The lowest BCUT2D eigenvalue weighted by Gasteiger charge is -2.20. The molecule has 0 heterocycles. The Balaban J connectivity index is 2.47. The van der Waals surface area contributed by atoms with Crippen LogP contribution >= 0.6 is 11.6 Å². The van der Waals surface area contributed by atoms with Gasteiger partial charge in [0.05, 0.1) is 5.02 Å². The molecule has 82 valence electrons. The molecule has 1 saturated carbocycles. The molecule has 0 saturated heterocycles. The van der Waals surface area contributed by atoms with Gasteiger partial charge in [0.15, 0.2) is 11.6 Å². The Kier molecular flexibility index (Phi) is 2.40. The topological polar surface area (TPSA) is 46.2 Å². The molecular weight excluding hydrogens is 217 g/mol. The molecule has 1 atom stereocenters. The molecule has 0 aromatic heterocycles. The maximum Gasteiger partial charge on any atom is 0.170 e. The van der Waals surface area contributed by atoms with Crippen LogP contribution in [0, 0.1) is 5.82 Å². The van der Waals surface area contributed by atoms with E-state index in [9.17, 15) is 9.50 Å². The Morgan fingerprint density at radius 3 is 2.53 bits per heavy atom. The molecule has 0 aliphatic heterocycles. The highest BCUT2D eigenvalue weighted by Crippen LogP contribution is 2.51. The van der Waals surface area contributed by atoms with Crippen molar-refractivity contribution in [3.8, 4) is 5.75 Å². The predicted molar refractivity (Wildman–Crippen MR) is 57.6 cm³/mol. The highest BCUT2D eigenvalue weighted by Gasteiger charge is 2.47. The predicted octanol–water partition coefficient (Wildman–Crippen LogP) is 2.56. The first-order chi connectivity index (χ1) is 6.97. The van der Waals surface area contributed by atoms with Gasteiger partial charge in [0.1, 0.15) is 0 Å². The maximum atomic E-state index is 13.3. The fraction of sp³-hybridized carbons (Fsp3) is 0.455. The minimum atomic E-state index is -0.676. The highest BCUT2D eigenvalue weighted by molar-refractivity contribution is 6.32. The summed E-state index contributed by atoms with van der Waals surface area (Å²) >= 11 is 5.73. The van der Waals surface area contributed by atoms with Gasteiger partial charge in [-0.15, -0.1) is 0 Å². The van der Waals surface area contributed by atoms with Gasteiger partial charge in [0.25, 0.3) is 0 Å². The summed E-state index contributed by atoms with van der Waals surface area (Å²) in [6, 6.07) is 2.91. The molecule has 0 radical (unpaired) electrons. The summed E-state index contributed by atoms with van der Waals surface area (Å²) in [6.45, 7) is 1.91. The summed E-state index contributed by atoms with van der Waals surface area (Å²) in [7, 11) is 0. The van der Waals surface area contributed by atoms with E-state index in [1.54, 1.807) is 6.07 Å². The number of hydrogen-bond donors (Lipinski definition) is 2. The molecular formula is C11H13ClFNO. The van der Waals surface area contributed by atoms with Crippen LogP contribution in [0.1, 0.15) is 25.3 Å². The molecule has 1 unspecified atom stereocenters. The van der Waals surface area contributed by atoms with Crippen molar-refractivity contribution in [2.45, 2.75) is 31.2 Å². The van der Waals surface area contributed by atoms with E-state index in [0.29, 0.717) is 0 Å². The summed E-state index contributed by atoms with van der Waals surface area (Å²) in [5, 5.41) is 9.27. The van der Waals surface area contributed by atoms with Crippen LogP contribution in [0.2, 0.25) is 5.02 Å². The van der Waals surface area contributed by atoms with Crippen molar-refractivity contribution in [1.82, 2.24) is 0 Å². The number of hydrogen-bond acceptors (Lipinski definition) is 2. The van der Waals surface area contributed by atoms with Gasteiger partial charge in [-0.3, -0.25) is 0 Å². The standard InChI is InChI=1S/C11H13ClFNO/c1-6(14)11(2-3-11)7-4-8(12)10(15)9(13)5-7/h4-6,15H,2-3,14H2,1H3. The van der Waals surface area contributed by atoms with Crippen molar-refractivity contribution >= 4 is 11.6 Å². The molecule has 1 aromatic carbocycles. The van der Waals surface area contributed by atoms with Crippen molar-refractivity contribution in [2.24, 2.45) is 5.73 Å². The van der Waals surface area contributed by atoms with E-state index in [4.69, 9.17) is 17.3 Å². The average Bonchev–Trinajstić information content (AvgIpc) is 2.93. The zero-order valence-electron chi connectivity index (χ0n) is 8.43. The molecule has 0 spiro atoms. The van der Waals surface area contributed by atoms with E-state index >= 15 is 0 Å². The minimum Gasteiger partial charge on any atom is -0.504 e. The second-order valence-electron chi connectivity index (χ2n) is 4.23. The fourth-order valence-electron chi connectivity index (χ4n) is 1.99. The quantitative estimate of drug-likeness (QED) is 0.819. The third-order valence-corrected chi connectivity index (χ3v) is 3.54. The van der Waals surface area contributed by atoms with Gasteiger partial charge < -0.3 is 10.8 Å². The number of rotatable bonds is 2. The Morgan fingerprint density at radius 2 is 2.13 bits per heavy atom. The van der Waals surface area contributed by atoms with Crippen LogP contribution in [-0.2, 0) is 5.41 Å². The lowest BCUT2D eigenvalue weighted by Crippen LogP contribution is -2.31. The van der Waals surface area contributed by atoms with Crippen molar-refractivity contribution in [1.29, 1.82) is 0 Å². The van der Waals surface area contributed by atoms with Gasteiger partial charge in [-0.05, 0) is 37.5 Å². The van der Waals surface area contributed by atoms with Crippen LogP contribution in [0.4, 0.5) is 4.39 Å². The van der Waals surface area contributed by atoms with E-state index in [1.165, 1.54) is 6.07 Å². The lowest BCUT2D eigenvalue weighted by atomic mass is 9.89. The number of halogens is 2. The molecule has 0 amide bonds. The molecule has 4 heteroatoms. The Bertz CT molecular complexity index is 379. The second kappa shape index (κ2) is 3.35. The Hall–Kier alpha value is -0.800. The summed E-state index contributed by atoms with van der Waals surface area (Å²) in [6.07, 6.45) is 1.90.